The Hall–Kier alpha value is -1.78. The molecule has 1 rings (SSSR count). The largest absolute Gasteiger partial charge is 0.359 e. The minimum Gasteiger partial charge on any atom is -0.359 e. The maximum absolute atomic E-state index is 5.38. The van der Waals surface area contributed by atoms with E-state index in [2.05, 4.69) is 40.7 Å². The van der Waals surface area contributed by atoms with Gasteiger partial charge in [0.05, 0.1) is 12.2 Å². The summed E-state index contributed by atoms with van der Waals surface area (Å²) in [4.78, 5) is 4.18. The first kappa shape index (κ1) is 17.3. The zero-order chi connectivity index (χ0) is 15.5. The van der Waals surface area contributed by atoms with Gasteiger partial charge < -0.3 is 15.2 Å². The zero-order valence-corrected chi connectivity index (χ0v) is 13.6. The molecule has 1 aromatic heterocycles. The Kier molecular flexibility index (Phi) is 8.24. The zero-order valence-electron chi connectivity index (χ0n) is 13.6. The summed E-state index contributed by atoms with van der Waals surface area (Å²) < 4.78 is 5.38. The molecule has 2 N–H and O–H groups in total. The SMILES string of the molecule is C/C=C/CCNC(=NC)NCc1cc(C(CC)CC)no1. The van der Waals surface area contributed by atoms with Crippen LogP contribution in [0.3, 0.4) is 0 Å². The van der Waals surface area contributed by atoms with Crippen LogP contribution < -0.4 is 10.6 Å². The number of hydrogen-bond acceptors (Lipinski definition) is 3. The van der Waals surface area contributed by atoms with Crippen LogP contribution in [0.1, 0.15) is 57.4 Å². The van der Waals surface area contributed by atoms with Crippen LogP contribution in [0, 0.1) is 0 Å². The first-order valence-corrected chi connectivity index (χ1v) is 7.76. The van der Waals surface area contributed by atoms with Gasteiger partial charge in [-0.15, -0.1) is 0 Å². The molecule has 21 heavy (non-hydrogen) atoms. The van der Waals surface area contributed by atoms with Crippen molar-refractivity contribution in [1.82, 2.24) is 15.8 Å². The Morgan fingerprint density at radius 3 is 2.76 bits per heavy atom. The van der Waals surface area contributed by atoms with Crippen LogP contribution in [0.5, 0.6) is 0 Å². The number of nitrogens with one attached hydrogen (secondary N) is 2. The normalized spacial score (nSPS) is 12.3. The fourth-order valence-electron chi connectivity index (χ4n) is 2.14. The Bertz CT molecular complexity index is 447. The van der Waals surface area contributed by atoms with E-state index in [1.54, 1.807) is 7.05 Å². The van der Waals surface area contributed by atoms with Gasteiger partial charge in [0.1, 0.15) is 0 Å². The van der Waals surface area contributed by atoms with Crippen molar-refractivity contribution in [3.63, 3.8) is 0 Å². The molecule has 0 fully saturated rings. The van der Waals surface area contributed by atoms with Crippen molar-refractivity contribution in [2.45, 2.75) is 52.5 Å². The average Bonchev–Trinajstić information content (AvgIpc) is 2.97. The number of aliphatic imine (C=N–C) groups is 1. The highest BCUT2D eigenvalue weighted by molar-refractivity contribution is 5.79. The van der Waals surface area contributed by atoms with E-state index >= 15 is 0 Å². The van der Waals surface area contributed by atoms with Gasteiger partial charge >= 0.3 is 0 Å². The van der Waals surface area contributed by atoms with Gasteiger partial charge in [-0.05, 0) is 26.2 Å². The summed E-state index contributed by atoms with van der Waals surface area (Å²) in [5, 5.41) is 10.6. The Labute approximate surface area is 127 Å². The standard InChI is InChI=1S/C16H28N4O/c1-5-8-9-10-18-16(17-4)19-12-14-11-15(20-21-14)13(6-2)7-3/h5,8,11,13H,6-7,9-10,12H2,1-4H3,(H2,17,18,19)/b8-5+. The summed E-state index contributed by atoms with van der Waals surface area (Å²) in [7, 11) is 1.76. The Morgan fingerprint density at radius 1 is 1.38 bits per heavy atom. The fraction of sp³-hybridized carbons (Fsp3) is 0.625. The van der Waals surface area contributed by atoms with Crippen molar-refractivity contribution in [2.75, 3.05) is 13.6 Å². The van der Waals surface area contributed by atoms with Crippen molar-refractivity contribution in [2.24, 2.45) is 4.99 Å². The van der Waals surface area contributed by atoms with Gasteiger partial charge in [0.2, 0.25) is 0 Å². The van der Waals surface area contributed by atoms with Crippen molar-refractivity contribution < 1.29 is 4.52 Å². The van der Waals surface area contributed by atoms with E-state index < -0.39 is 0 Å². The second-order valence-corrected chi connectivity index (χ2v) is 4.94. The summed E-state index contributed by atoms with van der Waals surface area (Å²) in [6.45, 7) is 7.83. The fourth-order valence-corrected chi connectivity index (χ4v) is 2.14. The molecular formula is C16H28N4O. The molecule has 1 aromatic rings. The van der Waals surface area contributed by atoms with Crippen LogP contribution in [0.4, 0.5) is 0 Å². The summed E-state index contributed by atoms with van der Waals surface area (Å²) in [6, 6.07) is 2.04. The van der Waals surface area contributed by atoms with Crippen LogP contribution in [0.25, 0.3) is 0 Å². The molecule has 0 spiro atoms. The lowest BCUT2D eigenvalue weighted by molar-refractivity contribution is 0.368. The van der Waals surface area contributed by atoms with Crippen LogP contribution >= 0.6 is 0 Å². The van der Waals surface area contributed by atoms with Gasteiger partial charge in [-0.2, -0.15) is 0 Å². The summed E-state index contributed by atoms with van der Waals surface area (Å²) in [5.41, 5.74) is 1.05. The molecule has 0 atom stereocenters. The molecule has 0 bridgehead atoms. The molecule has 0 amide bonds. The van der Waals surface area contributed by atoms with Gasteiger partial charge in [-0.3, -0.25) is 4.99 Å². The van der Waals surface area contributed by atoms with Crippen molar-refractivity contribution in [1.29, 1.82) is 0 Å². The van der Waals surface area contributed by atoms with Crippen molar-refractivity contribution >= 4 is 5.96 Å². The van der Waals surface area contributed by atoms with Gasteiger partial charge in [0.15, 0.2) is 11.7 Å². The molecule has 118 valence electrons. The van der Waals surface area contributed by atoms with E-state index in [1.807, 2.05) is 19.1 Å². The van der Waals surface area contributed by atoms with Crippen LogP contribution in [0.2, 0.25) is 0 Å². The third-order valence-electron chi connectivity index (χ3n) is 3.47. The average molecular weight is 292 g/mol. The molecule has 0 aliphatic rings. The van der Waals surface area contributed by atoms with Crippen molar-refractivity contribution in [3.8, 4) is 0 Å². The van der Waals surface area contributed by atoms with Gasteiger partial charge in [-0.25, -0.2) is 0 Å². The lowest BCUT2D eigenvalue weighted by Gasteiger charge is -2.09. The number of guanidine groups is 1. The maximum Gasteiger partial charge on any atom is 0.191 e. The minimum absolute atomic E-state index is 0.487. The maximum atomic E-state index is 5.38. The predicted octanol–water partition coefficient (Wildman–Crippen LogP) is 3.21. The number of nitrogens with zero attached hydrogens (tertiary/aromatic N) is 2. The van der Waals surface area contributed by atoms with Crippen molar-refractivity contribution in [3.05, 3.63) is 29.7 Å². The van der Waals surface area contributed by atoms with Gasteiger partial charge in [0, 0.05) is 25.6 Å². The summed E-state index contributed by atoms with van der Waals surface area (Å²) >= 11 is 0. The lowest BCUT2D eigenvalue weighted by Crippen LogP contribution is -2.37. The minimum atomic E-state index is 0.487. The predicted molar refractivity (Wildman–Crippen MR) is 87.5 cm³/mol. The van der Waals surface area contributed by atoms with Crippen LogP contribution in [-0.2, 0) is 6.54 Å². The molecule has 5 heteroatoms. The molecule has 0 aliphatic carbocycles. The summed E-state index contributed by atoms with van der Waals surface area (Å²) in [6.07, 6.45) is 7.33. The molecule has 1 heterocycles. The van der Waals surface area contributed by atoms with Crippen LogP contribution in [-0.4, -0.2) is 24.7 Å². The Morgan fingerprint density at radius 2 is 2.14 bits per heavy atom. The molecule has 0 saturated heterocycles. The number of rotatable bonds is 8. The van der Waals surface area contributed by atoms with Crippen LogP contribution in [0.15, 0.2) is 27.7 Å². The molecule has 5 nitrogen and oxygen atoms in total. The Balaban J connectivity index is 2.43. The topological polar surface area (TPSA) is 62.5 Å². The molecule has 0 radical (unpaired) electrons. The van der Waals surface area contributed by atoms with E-state index in [9.17, 15) is 0 Å². The summed E-state index contributed by atoms with van der Waals surface area (Å²) in [5.74, 6) is 2.11. The third kappa shape index (κ3) is 6.02. The highest BCUT2D eigenvalue weighted by atomic mass is 16.5. The number of allylic oxidation sites excluding steroid dienone is 1. The first-order valence-electron chi connectivity index (χ1n) is 7.76. The molecule has 0 saturated carbocycles. The van der Waals surface area contributed by atoms with E-state index in [4.69, 9.17) is 4.52 Å². The first-order chi connectivity index (χ1) is 10.2. The second kappa shape index (κ2) is 10.0. The van der Waals surface area contributed by atoms with Gasteiger partial charge in [-0.1, -0.05) is 31.2 Å². The van der Waals surface area contributed by atoms with E-state index in [1.165, 1.54) is 0 Å². The molecule has 0 aromatic carbocycles. The third-order valence-corrected chi connectivity index (χ3v) is 3.47. The molecular weight excluding hydrogens is 264 g/mol. The van der Waals surface area contributed by atoms with E-state index in [0.29, 0.717) is 12.5 Å². The van der Waals surface area contributed by atoms with Gasteiger partial charge in [0.25, 0.3) is 0 Å². The number of hydrogen-bond donors (Lipinski definition) is 2. The molecule has 0 unspecified atom stereocenters. The number of aromatic nitrogens is 1. The van der Waals surface area contributed by atoms with E-state index in [0.717, 1.165) is 43.2 Å². The smallest absolute Gasteiger partial charge is 0.191 e. The quantitative estimate of drug-likeness (QED) is 0.334. The van der Waals surface area contributed by atoms with E-state index in [-0.39, 0.29) is 0 Å². The second-order valence-electron chi connectivity index (χ2n) is 4.94. The molecule has 0 aliphatic heterocycles. The monoisotopic (exact) mass is 292 g/mol. The highest BCUT2D eigenvalue weighted by Gasteiger charge is 2.12. The highest BCUT2D eigenvalue weighted by Crippen LogP contribution is 2.22. The lowest BCUT2D eigenvalue weighted by atomic mass is 9.99.